The van der Waals surface area contributed by atoms with Crippen molar-refractivity contribution in [3.63, 3.8) is 0 Å². The third kappa shape index (κ3) is 2.56. The zero-order valence-electron chi connectivity index (χ0n) is 10.4. The zero-order valence-corrected chi connectivity index (χ0v) is 12.8. The molecule has 0 unspecified atom stereocenters. The van der Waals surface area contributed by atoms with Crippen molar-refractivity contribution in [2.24, 2.45) is 5.41 Å². The van der Waals surface area contributed by atoms with Gasteiger partial charge in [0.25, 0.3) is 5.91 Å². The van der Waals surface area contributed by atoms with E-state index in [9.17, 15) is 9.59 Å². The van der Waals surface area contributed by atoms with Gasteiger partial charge in [0.1, 0.15) is 0 Å². The van der Waals surface area contributed by atoms with Crippen molar-refractivity contribution < 1.29 is 9.59 Å². The van der Waals surface area contributed by atoms with Crippen LogP contribution in [-0.2, 0) is 4.79 Å². The van der Waals surface area contributed by atoms with E-state index in [-0.39, 0.29) is 17.2 Å². The summed E-state index contributed by atoms with van der Waals surface area (Å²) in [6.45, 7) is 2.28. The van der Waals surface area contributed by atoms with E-state index in [2.05, 4.69) is 21.2 Å². The number of amides is 2. The molecule has 0 bridgehead atoms. The normalized spacial score (nSPS) is 21.7. The predicted octanol–water partition coefficient (Wildman–Crippen LogP) is 2.25. The fourth-order valence-electron chi connectivity index (χ4n) is 2.89. The number of halogens is 1. The van der Waals surface area contributed by atoms with Crippen molar-refractivity contribution in [1.82, 2.24) is 10.2 Å². The molecule has 1 aromatic rings. The molecule has 6 heteroatoms. The molecule has 1 aromatic heterocycles. The van der Waals surface area contributed by atoms with Gasteiger partial charge in [-0.05, 0) is 40.3 Å². The van der Waals surface area contributed by atoms with E-state index in [1.807, 2.05) is 16.3 Å². The van der Waals surface area contributed by atoms with Crippen LogP contribution in [0, 0.1) is 5.41 Å². The first-order valence-electron chi connectivity index (χ1n) is 6.38. The third-order valence-corrected chi connectivity index (χ3v) is 5.63. The van der Waals surface area contributed by atoms with Crippen LogP contribution < -0.4 is 5.32 Å². The fraction of sp³-hybridized carbons (Fsp3) is 0.538. The molecule has 2 aliphatic rings. The molecule has 19 heavy (non-hydrogen) atoms. The van der Waals surface area contributed by atoms with E-state index < -0.39 is 0 Å². The number of piperidine rings is 1. The van der Waals surface area contributed by atoms with Gasteiger partial charge in [-0.2, -0.15) is 0 Å². The molecule has 0 aromatic carbocycles. The van der Waals surface area contributed by atoms with E-state index in [4.69, 9.17) is 0 Å². The summed E-state index contributed by atoms with van der Waals surface area (Å²) >= 11 is 4.91. The van der Waals surface area contributed by atoms with Gasteiger partial charge in [-0.3, -0.25) is 9.59 Å². The lowest BCUT2D eigenvalue weighted by molar-refractivity contribution is -0.119. The maximum Gasteiger partial charge on any atom is 0.254 e. The molecule has 2 saturated heterocycles. The average molecular weight is 343 g/mol. The van der Waals surface area contributed by atoms with Gasteiger partial charge in [0.05, 0.1) is 9.35 Å². The lowest BCUT2D eigenvalue weighted by Gasteiger charge is -2.38. The highest BCUT2D eigenvalue weighted by Gasteiger charge is 2.41. The predicted molar refractivity (Wildman–Crippen MR) is 77.2 cm³/mol. The van der Waals surface area contributed by atoms with Gasteiger partial charge >= 0.3 is 0 Å². The summed E-state index contributed by atoms with van der Waals surface area (Å²) in [6.07, 6.45) is 2.46. The molecule has 1 spiro atoms. The number of nitrogens with one attached hydrogen (secondary N) is 1. The number of carbonyl (C=O) groups is 2. The van der Waals surface area contributed by atoms with E-state index in [1.165, 1.54) is 11.3 Å². The fourth-order valence-corrected chi connectivity index (χ4v) is 4.02. The molecule has 2 aliphatic heterocycles. The van der Waals surface area contributed by atoms with Crippen molar-refractivity contribution in [3.05, 3.63) is 20.8 Å². The number of nitrogens with zero attached hydrogens (tertiary/aromatic N) is 1. The Morgan fingerprint density at radius 2 is 2.16 bits per heavy atom. The first-order valence-corrected chi connectivity index (χ1v) is 8.05. The van der Waals surface area contributed by atoms with Crippen LogP contribution in [0.15, 0.2) is 15.2 Å². The highest BCUT2D eigenvalue weighted by atomic mass is 79.9. The summed E-state index contributed by atoms with van der Waals surface area (Å²) < 4.78 is 0.981. The second-order valence-electron chi connectivity index (χ2n) is 5.39. The van der Waals surface area contributed by atoms with Crippen LogP contribution in [0.1, 0.15) is 29.6 Å². The van der Waals surface area contributed by atoms with Gasteiger partial charge in [0, 0.05) is 31.4 Å². The van der Waals surface area contributed by atoms with Crippen molar-refractivity contribution in [2.75, 3.05) is 19.6 Å². The summed E-state index contributed by atoms with van der Waals surface area (Å²) in [4.78, 5) is 25.6. The minimum atomic E-state index is 0.100. The Hall–Kier alpha value is -0.880. The second-order valence-corrected chi connectivity index (χ2v) is 7.68. The highest BCUT2D eigenvalue weighted by Crippen LogP contribution is 2.37. The van der Waals surface area contributed by atoms with Gasteiger partial charge in [0.2, 0.25) is 5.91 Å². The number of hydrogen-bond acceptors (Lipinski definition) is 3. The second kappa shape index (κ2) is 4.90. The topological polar surface area (TPSA) is 49.4 Å². The molecule has 3 rings (SSSR count). The molecular weight excluding hydrogens is 328 g/mol. The monoisotopic (exact) mass is 342 g/mol. The summed E-state index contributed by atoms with van der Waals surface area (Å²) in [5.74, 6) is 0.260. The molecule has 2 amide bonds. The molecule has 0 aliphatic carbocycles. The minimum absolute atomic E-state index is 0.100. The SMILES string of the molecule is O=C1CC2(CCN(C(=O)c3csc(Br)c3)CC2)CN1. The van der Waals surface area contributed by atoms with Crippen LogP contribution in [-0.4, -0.2) is 36.3 Å². The van der Waals surface area contributed by atoms with Crippen molar-refractivity contribution in [3.8, 4) is 0 Å². The Kier molecular flexibility index (Phi) is 3.39. The molecule has 0 radical (unpaired) electrons. The quantitative estimate of drug-likeness (QED) is 0.850. The maximum absolute atomic E-state index is 12.3. The number of thiophene rings is 1. The first-order chi connectivity index (χ1) is 9.08. The van der Waals surface area contributed by atoms with Gasteiger partial charge in [-0.15, -0.1) is 11.3 Å². The number of likely N-dealkylation sites (tertiary alicyclic amines) is 1. The lowest BCUT2D eigenvalue weighted by atomic mass is 9.77. The Bertz CT molecular complexity index is 520. The molecule has 3 heterocycles. The van der Waals surface area contributed by atoms with Crippen LogP contribution in [0.4, 0.5) is 0 Å². The summed E-state index contributed by atoms with van der Waals surface area (Å²) in [7, 11) is 0. The Labute approximate surface area is 124 Å². The smallest absolute Gasteiger partial charge is 0.254 e. The molecule has 102 valence electrons. The van der Waals surface area contributed by atoms with Gasteiger partial charge in [-0.25, -0.2) is 0 Å². The van der Waals surface area contributed by atoms with Crippen LogP contribution >= 0.6 is 27.3 Å². The van der Waals surface area contributed by atoms with Gasteiger partial charge < -0.3 is 10.2 Å². The first kappa shape index (κ1) is 13.1. The molecule has 0 atom stereocenters. The maximum atomic E-state index is 12.3. The largest absolute Gasteiger partial charge is 0.356 e. The number of hydrogen-bond donors (Lipinski definition) is 1. The Balaban J connectivity index is 1.64. The van der Waals surface area contributed by atoms with Gasteiger partial charge in [0.15, 0.2) is 0 Å². The standard InChI is InChI=1S/C13H15BrN2O2S/c14-10-5-9(7-19-10)12(18)16-3-1-13(2-4-16)6-11(17)15-8-13/h5,7H,1-4,6,8H2,(H,15,17). The van der Waals surface area contributed by atoms with Crippen LogP contribution in [0.2, 0.25) is 0 Å². The van der Waals surface area contributed by atoms with E-state index in [0.29, 0.717) is 6.42 Å². The molecule has 0 saturated carbocycles. The van der Waals surface area contributed by atoms with E-state index >= 15 is 0 Å². The van der Waals surface area contributed by atoms with Crippen molar-refractivity contribution in [2.45, 2.75) is 19.3 Å². The number of rotatable bonds is 1. The van der Waals surface area contributed by atoms with Crippen molar-refractivity contribution in [1.29, 1.82) is 0 Å². The van der Waals surface area contributed by atoms with Crippen molar-refractivity contribution >= 4 is 39.1 Å². The zero-order chi connectivity index (χ0) is 13.5. The summed E-state index contributed by atoms with van der Waals surface area (Å²) in [6, 6.07) is 1.87. The molecule has 2 fully saturated rings. The third-order valence-electron chi connectivity index (χ3n) is 4.12. The van der Waals surface area contributed by atoms with E-state index in [0.717, 1.165) is 41.8 Å². The van der Waals surface area contributed by atoms with Crippen LogP contribution in [0.3, 0.4) is 0 Å². The van der Waals surface area contributed by atoms with Crippen LogP contribution in [0.5, 0.6) is 0 Å². The van der Waals surface area contributed by atoms with Crippen LogP contribution in [0.25, 0.3) is 0 Å². The highest BCUT2D eigenvalue weighted by molar-refractivity contribution is 9.11. The Morgan fingerprint density at radius 1 is 1.42 bits per heavy atom. The Morgan fingerprint density at radius 3 is 2.68 bits per heavy atom. The molecule has 4 nitrogen and oxygen atoms in total. The minimum Gasteiger partial charge on any atom is -0.356 e. The molecular formula is C13H15BrN2O2S. The van der Waals surface area contributed by atoms with Gasteiger partial charge in [-0.1, -0.05) is 0 Å². The lowest BCUT2D eigenvalue weighted by Crippen LogP contribution is -2.43. The number of carbonyl (C=O) groups excluding carboxylic acids is 2. The molecule has 1 N–H and O–H groups in total. The summed E-state index contributed by atoms with van der Waals surface area (Å²) in [5, 5.41) is 4.80. The van der Waals surface area contributed by atoms with E-state index in [1.54, 1.807) is 0 Å². The average Bonchev–Trinajstić information content (AvgIpc) is 2.97. The summed E-state index contributed by atoms with van der Waals surface area (Å²) in [5.41, 5.74) is 0.858.